The van der Waals surface area contributed by atoms with Crippen LogP contribution in [0.25, 0.3) is 0 Å². The van der Waals surface area contributed by atoms with Crippen molar-refractivity contribution in [2.24, 2.45) is 0 Å². The lowest BCUT2D eigenvalue weighted by molar-refractivity contribution is 0.00484. The lowest BCUT2D eigenvalue weighted by Gasteiger charge is -2.20. The Bertz CT molecular complexity index is 159. The van der Waals surface area contributed by atoms with Crippen molar-refractivity contribution >= 4 is 6.03 Å². The van der Waals surface area contributed by atoms with Crippen LogP contribution < -0.4 is 10.6 Å². The Kier molecular flexibility index (Phi) is 5.41. The maximum absolute atomic E-state index is 10.9. The second kappa shape index (κ2) is 5.77. The maximum atomic E-state index is 10.9. The molecule has 0 fully saturated rings. The van der Waals surface area contributed by atoms with Gasteiger partial charge in [0, 0.05) is 6.54 Å². The fourth-order valence-corrected chi connectivity index (χ4v) is 0.628. The molecule has 0 saturated carbocycles. The molecule has 0 aliphatic rings. The second-order valence-electron chi connectivity index (χ2n) is 3.26. The molecule has 5 nitrogen and oxygen atoms in total. The minimum absolute atomic E-state index is 0.0407. The van der Waals surface area contributed by atoms with Gasteiger partial charge in [0.05, 0.1) is 13.2 Å². The summed E-state index contributed by atoms with van der Waals surface area (Å²) in [5.74, 6) is 0. The van der Waals surface area contributed by atoms with E-state index in [0.717, 1.165) is 6.42 Å². The second-order valence-corrected chi connectivity index (χ2v) is 3.26. The van der Waals surface area contributed by atoms with Gasteiger partial charge in [-0.2, -0.15) is 0 Å². The summed E-state index contributed by atoms with van der Waals surface area (Å²) < 4.78 is 0. The molecule has 0 rings (SSSR count). The third-order valence-electron chi connectivity index (χ3n) is 1.51. The van der Waals surface area contributed by atoms with E-state index in [1.807, 2.05) is 6.92 Å². The summed E-state index contributed by atoms with van der Waals surface area (Å²) in [6.07, 6.45) is 0.865. The van der Waals surface area contributed by atoms with Crippen LogP contribution in [0.1, 0.15) is 20.3 Å². The van der Waals surface area contributed by atoms with Gasteiger partial charge in [-0.25, -0.2) is 4.79 Å². The van der Waals surface area contributed by atoms with E-state index in [4.69, 9.17) is 5.11 Å². The highest BCUT2D eigenvalue weighted by molar-refractivity contribution is 5.73. The highest BCUT2D eigenvalue weighted by atomic mass is 16.3. The Hall–Kier alpha value is -0.810. The normalized spacial score (nSPS) is 14.8. The number of aliphatic hydroxyl groups excluding tert-OH is 1. The summed E-state index contributed by atoms with van der Waals surface area (Å²) in [7, 11) is 0. The Morgan fingerprint density at radius 1 is 1.46 bits per heavy atom. The van der Waals surface area contributed by atoms with Crippen LogP contribution in [0.3, 0.4) is 0 Å². The van der Waals surface area contributed by atoms with Crippen molar-refractivity contribution in [3.8, 4) is 0 Å². The lowest BCUT2D eigenvalue weighted by Crippen LogP contribution is -2.46. The van der Waals surface area contributed by atoms with Gasteiger partial charge in [0.15, 0.2) is 0 Å². The van der Waals surface area contributed by atoms with Crippen molar-refractivity contribution in [1.29, 1.82) is 0 Å². The van der Waals surface area contributed by atoms with Crippen molar-refractivity contribution in [2.75, 3.05) is 19.7 Å². The first-order valence-corrected chi connectivity index (χ1v) is 4.37. The van der Waals surface area contributed by atoms with Gasteiger partial charge in [0.2, 0.25) is 0 Å². The third-order valence-corrected chi connectivity index (χ3v) is 1.51. The summed E-state index contributed by atoms with van der Waals surface area (Å²) in [6.45, 7) is 3.67. The molecule has 2 amide bonds. The zero-order valence-corrected chi connectivity index (χ0v) is 8.13. The molecule has 78 valence electrons. The van der Waals surface area contributed by atoms with Crippen LogP contribution in [0.4, 0.5) is 4.79 Å². The lowest BCUT2D eigenvalue weighted by atomic mass is 10.1. The number of rotatable bonds is 5. The van der Waals surface area contributed by atoms with Crippen LogP contribution in [0.2, 0.25) is 0 Å². The molecule has 1 atom stereocenters. The van der Waals surface area contributed by atoms with Gasteiger partial charge in [0.25, 0.3) is 0 Å². The molecule has 0 aliphatic carbocycles. The maximum Gasteiger partial charge on any atom is 0.314 e. The average Bonchev–Trinajstić information content (AvgIpc) is 2.11. The highest BCUT2D eigenvalue weighted by Gasteiger charge is 2.19. The summed E-state index contributed by atoms with van der Waals surface area (Å²) in [4.78, 5) is 10.9. The first kappa shape index (κ1) is 12.2. The zero-order valence-electron chi connectivity index (χ0n) is 8.13. The van der Waals surface area contributed by atoms with E-state index in [9.17, 15) is 9.90 Å². The standard InChI is InChI=1S/C8H18N2O3/c1-3-4-9-7(12)10-5-8(2,13)6-11/h11,13H,3-6H2,1-2H3,(H2,9,10,12). The molecule has 0 radical (unpaired) electrons. The van der Waals surface area contributed by atoms with Crippen LogP contribution in [0.15, 0.2) is 0 Å². The number of aliphatic hydroxyl groups is 2. The van der Waals surface area contributed by atoms with Gasteiger partial charge in [-0.1, -0.05) is 6.92 Å². The third kappa shape index (κ3) is 6.36. The summed E-state index contributed by atoms with van der Waals surface area (Å²) in [5, 5.41) is 23.0. The Morgan fingerprint density at radius 3 is 2.54 bits per heavy atom. The van der Waals surface area contributed by atoms with E-state index < -0.39 is 5.60 Å². The van der Waals surface area contributed by atoms with Crippen molar-refractivity contribution in [2.45, 2.75) is 25.9 Å². The van der Waals surface area contributed by atoms with Crippen LogP contribution in [0, 0.1) is 0 Å². The number of carbonyl (C=O) groups excluding carboxylic acids is 1. The number of hydrogen-bond donors (Lipinski definition) is 4. The monoisotopic (exact) mass is 190 g/mol. The Morgan fingerprint density at radius 2 is 2.08 bits per heavy atom. The van der Waals surface area contributed by atoms with Crippen molar-refractivity contribution in [3.05, 3.63) is 0 Å². The molecule has 0 bridgehead atoms. The average molecular weight is 190 g/mol. The number of carbonyl (C=O) groups is 1. The van der Waals surface area contributed by atoms with Crippen LogP contribution >= 0.6 is 0 Å². The molecule has 0 aromatic carbocycles. The smallest absolute Gasteiger partial charge is 0.314 e. The van der Waals surface area contributed by atoms with Gasteiger partial charge in [0.1, 0.15) is 5.60 Å². The Balaban J connectivity index is 3.57. The first-order valence-electron chi connectivity index (χ1n) is 4.37. The molecule has 0 saturated heterocycles. The van der Waals surface area contributed by atoms with Crippen molar-refractivity contribution in [3.63, 3.8) is 0 Å². The fourth-order valence-electron chi connectivity index (χ4n) is 0.628. The zero-order chi connectivity index (χ0) is 10.3. The summed E-state index contributed by atoms with van der Waals surface area (Å²) >= 11 is 0. The SMILES string of the molecule is CCCNC(=O)NCC(C)(O)CO. The van der Waals surface area contributed by atoms with E-state index in [0.29, 0.717) is 6.54 Å². The molecule has 0 aliphatic heterocycles. The van der Waals surface area contributed by atoms with Crippen LogP contribution in [0.5, 0.6) is 0 Å². The topological polar surface area (TPSA) is 81.6 Å². The van der Waals surface area contributed by atoms with Gasteiger partial charge in [-0.05, 0) is 13.3 Å². The predicted molar refractivity (Wildman–Crippen MR) is 49.4 cm³/mol. The molecular formula is C8H18N2O3. The molecule has 0 aromatic rings. The number of hydrogen-bond acceptors (Lipinski definition) is 3. The van der Waals surface area contributed by atoms with Crippen molar-refractivity contribution in [1.82, 2.24) is 10.6 Å². The van der Waals surface area contributed by atoms with Gasteiger partial charge in [-0.3, -0.25) is 0 Å². The fraction of sp³-hybridized carbons (Fsp3) is 0.875. The summed E-state index contributed by atoms with van der Waals surface area (Å²) in [5.41, 5.74) is -1.25. The largest absolute Gasteiger partial charge is 0.393 e. The number of nitrogens with one attached hydrogen (secondary N) is 2. The minimum Gasteiger partial charge on any atom is -0.393 e. The van der Waals surface area contributed by atoms with Crippen LogP contribution in [-0.4, -0.2) is 41.5 Å². The van der Waals surface area contributed by atoms with E-state index in [2.05, 4.69) is 10.6 Å². The quantitative estimate of drug-likeness (QED) is 0.469. The predicted octanol–water partition coefficient (Wildman–Crippen LogP) is -0.561. The minimum atomic E-state index is -1.25. The number of urea groups is 1. The molecule has 0 aromatic heterocycles. The van der Waals surface area contributed by atoms with Gasteiger partial charge >= 0.3 is 6.03 Å². The molecular weight excluding hydrogens is 172 g/mol. The van der Waals surface area contributed by atoms with Gasteiger partial charge < -0.3 is 20.8 Å². The highest BCUT2D eigenvalue weighted by Crippen LogP contribution is 1.97. The Labute approximate surface area is 78.1 Å². The summed E-state index contributed by atoms with van der Waals surface area (Å²) in [6, 6.07) is -0.324. The molecule has 0 heterocycles. The van der Waals surface area contributed by atoms with E-state index >= 15 is 0 Å². The van der Waals surface area contributed by atoms with E-state index in [1.165, 1.54) is 6.92 Å². The van der Waals surface area contributed by atoms with E-state index in [1.54, 1.807) is 0 Å². The van der Waals surface area contributed by atoms with Crippen molar-refractivity contribution < 1.29 is 15.0 Å². The molecule has 0 spiro atoms. The molecule has 4 N–H and O–H groups in total. The van der Waals surface area contributed by atoms with Crippen LogP contribution in [-0.2, 0) is 0 Å². The first-order chi connectivity index (χ1) is 6.02. The molecule has 13 heavy (non-hydrogen) atoms. The molecule has 1 unspecified atom stereocenters. The van der Waals surface area contributed by atoms with Gasteiger partial charge in [-0.15, -0.1) is 0 Å². The van der Waals surface area contributed by atoms with E-state index in [-0.39, 0.29) is 19.2 Å². The number of amides is 2. The molecule has 5 heteroatoms.